The molecule has 0 atom stereocenters. The summed E-state index contributed by atoms with van der Waals surface area (Å²) in [5, 5.41) is 7.75. The minimum atomic E-state index is -0.209. The molecule has 0 spiro atoms. The minimum absolute atomic E-state index is 0.209. The maximum Gasteiger partial charge on any atom is 0.129 e. The lowest BCUT2D eigenvalue weighted by molar-refractivity contribution is 0.549. The second-order valence-electron chi connectivity index (χ2n) is 5.17. The zero-order valence-electron chi connectivity index (χ0n) is 12.2. The molecule has 0 saturated heterocycles. The van der Waals surface area contributed by atoms with Gasteiger partial charge in [0.25, 0.3) is 0 Å². The summed E-state index contributed by atoms with van der Waals surface area (Å²) >= 11 is 3.51. The van der Waals surface area contributed by atoms with Crippen molar-refractivity contribution in [2.24, 2.45) is 0 Å². The van der Waals surface area contributed by atoms with Gasteiger partial charge in [0.05, 0.1) is 21.5 Å². The van der Waals surface area contributed by atoms with E-state index in [1.807, 2.05) is 33.8 Å². The molecule has 1 N–H and O–H groups in total. The van der Waals surface area contributed by atoms with Crippen molar-refractivity contribution < 1.29 is 4.39 Å². The Balaban J connectivity index is 2.50. The van der Waals surface area contributed by atoms with E-state index in [9.17, 15) is 4.39 Å². The van der Waals surface area contributed by atoms with Gasteiger partial charge in [-0.3, -0.25) is 0 Å². The lowest BCUT2D eigenvalue weighted by Gasteiger charge is -2.14. The normalized spacial score (nSPS) is 11.3. The standard InChI is InChI=1S/C15H19BrFN3/c1-9(2)18-8-12-13(17)6-5-7-14(12)20-11(4)15(16)10(3)19-20/h5-7,9,18H,8H2,1-4H3. The number of rotatable bonds is 4. The molecule has 2 rings (SSSR count). The molecule has 0 amide bonds. The molecule has 3 nitrogen and oxygen atoms in total. The van der Waals surface area contributed by atoms with Crippen LogP contribution in [0.2, 0.25) is 0 Å². The predicted octanol–water partition coefficient (Wildman–Crippen LogP) is 3.89. The molecule has 20 heavy (non-hydrogen) atoms. The maximum absolute atomic E-state index is 14.1. The summed E-state index contributed by atoms with van der Waals surface area (Å²) < 4.78 is 16.9. The minimum Gasteiger partial charge on any atom is -0.310 e. The Bertz CT molecular complexity index is 620. The number of nitrogens with zero attached hydrogens (tertiary/aromatic N) is 2. The van der Waals surface area contributed by atoms with Crippen molar-refractivity contribution in [3.8, 4) is 5.69 Å². The van der Waals surface area contributed by atoms with Gasteiger partial charge in [0.15, 0.2) is 0 Å². The average Bonchev–Trinajstić information content (AvgIpc) is 2.64. The molecule has 0 aliphatic rings. The number of hydrogen-bond acceptors (Lipinski definition) is 2. The quantitative estimate of drug-likeness (QED) is 0.915. The van der Waals surface area contributed by atoms with Crippen LogP contribution in [0.15, 0.2) is 22.7 Å². The van der Waals surface area contributed by atoms with Crippen LogP contribution in [0.25, 0.3) is 5.69 Å². The monoisotopic (exact) mass is 339 g/mol. The Morgan fingerprint density at radius 2 is 2.05 bits per heavy atom. The first kappa shape index (κ1) is 15.2. The van der Waals surface area contributed by atoms with E-state index in [0.717, 1.165) is 21.5 Å². The Morgan fingerprint density at radius 3 is 2.60 bits per heavy atom. The number of aromatic nitrogens is 2. The van der Waals surface area contributed by atoms with E-state index in [2.05, 4.69) is 26.3 Å². The fourth-order valence-corrected chi connectivity index (χ4v) is 2.33. The van der Waals surface area contributed by atoms with Crippen molar-refractivity contribution in [3.05, 3.63) is 45.4 Å². The van der Waals surface area contributed by atoms with Crippen LogP contribution >= 0.6 is 15.9 Å². The van der Waals surface area contributed by atoms with Gasteiger partial charge in [0.1, 0.15) is 5.82 Å². The fourth-order valence-electron chi connectivity index (χ4n) is 2.09. The predicted molar refractivity (Wildman–Crippen MR) is 82.7 cm³/mol. The smallest absolute Gasteiger partial charge is 0.129 e. The van der Waals surface area contributed by atoms with Gasteiger partial charge in [-0.2, -0.15) is 5.10 Å². The SMILES string of the molecule is Cc1nn(-c2cccc(F)c2CNC(C)C)c(C)c1Br. The van der Waals surface area contributed by atoms with Crippen LogP contribution in [-0.4, -0.2) is 15.8 Å². The van der Waals surface area contributed by atoms with Gasteiger partial charge in [-0.25, -0.2) is 9.07 Å². The van der Waals surface area contributed by atoms with E-state index < -0.39 is 0 Å². The molecule has 0 unspecified atom stereocenters. The van der Waals surface area contributed by atoms with Crippen LogP contribution in [0.3, 0.4) is 0 Å². The summed E-state index contributed by atoms with van der Waals surface area (Å²) in [4.78, 5) is 0. The number of nitrogens with one attached hydrogen (secondary N) is 1. The van der Waals surface area contributed by atoms with Crippen molar-refractivity contribution in [1.82, 2.24) is 15.1 Å². The summed E-state index contributed by atoms with van der Waals surface area (Å²) in [6.07, 6.45) is 0. The van der Waals surface area contributed by atoms with E-state index in [4.69, 9.17) is 0 Å². The highest BCUT2D eigenvalue weighted by atomic mass is 79.9. The van der Waals surface area contributed by atoms with Crippen molar-refractivity contribution >= 4 is 15.9 Å². The van der Waals surface area contributed by atoms with Crippen LogP contribution in [0.1, 0.15) is 30.8 Å². The van der Waals surface area contributed by atoms with Gasteiger partial charge in [0, 0.05) is 18.2 Å². The first-order valence-electron chi connectivity index (χ1n) is 6.64. The van der Waals surface area contributed by atoms with Gasteiger partial charge >= 0.3 is 0 Å². The first-order chi connectivity index (χ1) is 9.41. The fraction of sp³-hybridized carbons (Fsp3) is 0.400. The summed E-state index contributed by atoms with van der Waals surface area (Å²) in [5.74, 6) is -0.209. The molecule has 1 aromatic carbocycles. The molecule has 108 valence electrons. The van der Waals surface area contributed by atoms with Gasteiger partial charge in [0.2, 0.25) is 0 Å². The molecule has 2 aromatic rings. The van der Waals surface area contributed by atoms with Crippen molar-refractivity contribution in [2.75, 3.05) is 0 Å². The number of aryl methyl sites for hydroxylation is 1. The van der Waals surface area contributed by atoms with Crippen LogP contribution < -0.4 is 5.32 Å². The van der Waals surface area contributed by atoms with Crippen molar-refractivity contribution in [3.63, 3.8) is 0 Å². The Kier molecular flexibility index (Phi) is 4.60. The molecule has 0 saturated carbocycles. The zero-order chi connectivity index (χ0) is 14.9. The van der Waals surface area contributed by atoms with E-state index >= 15 is 0 Å². The highest BCUT2D eigenvalue weighted by Crippen LogP contribution is 2.25. The third-order valence-electron chi connectivity index (χ3n) is 3.21. The summed E-state index contributed by atoms with van der Waals surface area (Å²) in [6, 6.07) is 5.40. The molecule has 0 aliphatic carbocycles. The highest BCUT2D eigenvalue weighted by molar-refractivity contribution is 9.10. The van der Waals surface area contributed by atoms with Gasteiger partial charge in [-0.05, 0) is 41.9 Å². The van der Waals surface area contributed by atoms with E-state index in [1.54, 1.807) is 10.7 Å². The highest BCUT2D eigenvalue weighted by Gasteiger charge is 2.15. The van der Waals surface area contributed by atoms with E-state index in [0.29, 0.717) is 18.2 Å². The average molecular weight is 340 g/mol. The molecule has 0 fully saturated rings. The summed E-state index contributed by atoms with van der Waals surface area (Å²) in [6.45, 7) is 8.46. The molecular weight excluding hydrogens is 321 g/mol. The third-order valence-corrected chi connectivity index (χ3v) is 4.36. The molecule has 0 radical (unpaired) electrons. The Hall–Kier alpha value is -1.20. The number of benzene rings is 1. The van der Waals surface area contributed by atoms with Gasteiger partial charge in [-0.1, -0.05) is 19.9 Å². The second kappa shape index (κ2) is 6.06. The van der Waals surface area contributed by atoms with E-state index in [-0.39, 0.29) is 5.82 Å². The lowest BCUT2D eigenvalue weighted by Crippen LogP contribution is -2.23. The third kappa shape index (κ3) is 2.94. The Morgan fingerprint density at radius 1 is 1.35 bits per heavy atom. The van der Waals surface area contributed by atoms with Crippen molar-refractivity contribution in [2.45, 2.75) is 40.3 Å². The summed E-state index contributed by atoms with van der Waals surface area (Å²) in [5.41, 5.74) is 3.29. The summed E-state index contributed by atoms with van der Waals surface area (Å²) in [7, 11) is 0. The van der Waals surface area contributed by atoms with Gasteiger partial charge < -0.3 is 5.32 Å². The van der Waals surface area contributed by atoms with Crippen LogP contribution in [0.4, 0.5) is 4.39 Å². The molecule has 1 aromatic heterocycles. The Labute approximate surface area is 127 Å². The number of hydrogen-bond donors (Lipinski definition) is 1. The molecular formula is C15H19BrFN3. The second-order valence-corrected chi connectivity index (χ2v) is 5.96. The molecule has 1 heterocycles. The molecule has 0 aliphatic heterocycles. The van der Waals surface area contributed by atoms with Crippen LogP contribution in [0.5, 0.6) is 0 Å². The van der Waals surface area contributed by atoms with Crippen molar-refractivity contribution in [1.29, 1.82) is 0 Å². The van der Waals surface area contributed by atoms with Gasteiger partial charge in [-0.15, -0.1) is 0 Å². The van der Waals surface area contributed by atoms with Crippen LogP contribution in [0, 0.1) is 19.7 Å². The molecule has 0 bridgehead atoms. The van der Waals surface area contributed by atoms with E-state index in [1.165, 1.54) is 6.07 Å². The molecule has 5 heteroatoms. The lowest BCUT2D eigenvalue weighted by atomic mass is 10.1. The topological polar surface area (TPSA) is 29.9 Å². The number of halogens is 2. The van der Waals surface area contributed by atoms with Crippen LogP contribution in [-0.2, 0) is 6.54 Å². The maximum atomic E-state index is 14.1. The largest absolute Gasteiger partial charge is 0.310 e. The first-order valence-corrected chi connectivity index (χ1v) is 7.44. The zero-order valence-corrected chi connectivity index (χ0v) is 13.8.